The fraction of sp³-hybridized carbons (Fsp3) is 0.344. The number of carbonyl (C=O) groups is 2. The summed E-state index contributed by atoms with van der Waals surface area (Å²) in [5, 5.41) is 17.3. The van der Waals surface area contributed by atoms with Crippen molar-refractivity contribution in [3.63, 3.8) is 0 Å². The second-order valence-electron chi connectivity index (χ2n) is 10.9. The molecule has 12 heteroatoms. The van der Waals surface area contributed by atoms with Gasteiger partial charge in [-0.15, -0.1) is 0 Å². The summed E-state index contributed by atoms with van der Waals surface area (Å²) in [4.78, 5) is 43.5. The van der Waals surface area contributed by atoms with Crippen molar-refractivity contribution >= 4 is 52.0 Å². The van der Waals surface area contributed by atoms with Gasteiger partial charge in [0.05, 0.1) is 40.2 Å². The lowest BCUT2D eigenvalue weighted by molar-refractivity contribution is -0.384. The van der Waals surface area contributed by atoms with Crippen LogP contribution in [0.15, 0.2) is 66.7 Å². The summed E-state index contributed by atoms with van der Waals surface area (Å²) in [5.74, 6) is -1.04. The third kappa shape index (κ3) is 7.50. The van der Waals surface area contributed by atoms with Crippen molar-refractivity contribution < 1.29 is 19.2 Å². The van der Waals surface area contributed by atoms with E-state index in [-0.39, 0.29) is 16.4 Å². The summed E-state index contributed by atoms with van der Waals surface area (Å²) in [6.45, 7) is 5.61. The van der Waals surface area contributed by atoms with Crippen LogP contribution in [0.1, 0.15) is 45.5 Å². The van der Waals surface area contributed by atoms with Crippen molar-refractivity contribution in [2.75, 3.05) is 61.5 Å². The van der Waals surface area contributed by atoms with Crippen LogP contribution in [0.4, 0.5) is 22.7 Å². The van der Waals surface area contributed by atoms with E-state index in [4.69, 9.17) is 17.0 Å². The number of nitro groups is 1. The van der Waals surface area contributed by atoms with Gasteiger partial charge >= 0.3 is 5.97 Å². The maximum Gasteiger partial charge on any atom is 0.337 e. The Labute approximate surface area is 261 Å². The van der Waals surface area contributed by atoms with Gasteiger partial charge in [-0.3, -0.25) is 25.1 Å². The quantitative estimate of drug-likeness (QED) is 0.158. The second kappa shape index (κ2) is 14.3. The normalized spacial score (nSPS) is 15.4. The number of piperazine rings is 1. The molecule has 3 aromatic carbocycles. The first kappa shape index (κ1) is 30.9. The van der Waals surface area contributed by atoms with Gasteiger partial charge in [-0.25, -0.2) is 4.79 Å². The topological polar surface area (TPSA) is 120 Å². The number of nitro benzene ring substituents is 1. The minimum Gasteiger partial charge on any atom is -0.465 e. The standard InChI is InChI=1S/C32H36N6O5S/c1-43-31(40)24-10-12-29(37-18-16-35(17-19-37)22-23-8-4-2-5-9-23)27(20-24)33-32(44)34-30(39)26-21-25(38(41)42)11-13-28(26)36-14-6-3-7-15-36/h2,4-5,8-13,20-21H,3,6-7,14-19,22H2,1H3,(H2,33,34,39,44). The van der Waals surface area contributed by atoms with Crippen molar-refractivity contribution in [2.45, 2.75) is 25.8 Å². The minimum absolute atomic E-state index is 0.0112. The minimum atomic E-state index is -0.549. The number of piperidine rings is 1. The Kier molecular flexibility index (Phi) is 10.0. The molecule has 0 atom stereocenters. The molecule has 2 aliphatic rings. The zero-order chi connectivity index (χ0) is 31.1. The molecule has 5 rings (SSSR count). The lowest BCUT2D eigenvalue weighted by Crippen LogP contribution is -2.46. The van der Waals surface area contributed by atoms with Crippen LogP contribution in [0.3, 0.4) is 0 Å². The predicted octanol–water partition coefficient (Wildman–Crippen LogP) is 4.82. The highest BCUT2D eigenvalue weighted by atomic mass is 32.1. The molecule has 0 aliphatic carbocycles. The number of ether oxygens (including phenoxy) is 1. The first-order chi connectivity index (χ1) is 21.3. The Balaban J connectivity index is 1.33. The van der Waals surface area contributed by atoms with E-state index in [0.717, 1.165) is 70.8 Å². The molecule has 0 bridgehead atoms. The molecule has 1 amide bonds. The highest BCUT2D eigenvalue weighted by Crippen LogP contribution is 2.30. The van der Waals surface area contributed by atoms with Gasteiger partial charge in [0, 0.05) is 57.9 Å². The van der Waals surface area contributed by atoms with E-state index in [1.54, 1.807) is 18.2 Å². The number of benzene rings is 3. The molecular formula is C32H36N6O5S. The van der Waals surface area contributed by atoms with E-state index in [9.17, 15) is 19.7 Å². The van der Waals surface area contributed by atoms with Gasteiger partial charge in [0.2, 0.25) is 0 Å². The molecule has 3 aromatic rings. The van der Waals surface area contributed by atoms with Gasteiger partial charge in [0.25, 0.3) is 11.6 Å². The van der Waals surface area contributed by atoms with E-state index < -0.39 is 16.8 Å². The molecule has 2 aliphatic heterocycles. The smallest absolute Gasteiger partial charge is 0.337 e. The third-order valence-corrected chi connectivity index (χ3v) is 8.19. The lowest BCUT2D eigenvalue weighted by atomic mass is 10.1. The number of thiocarbonyl (C=S) groups is 1. The van der Waals surface area contributed by atoms with Gasteiger partial charge in [0.15, 0.2) is 5.11 Å². The highest BCUT2D eigenvalue weighted by molar-refractivity contribution is 7.80. The fourth-order valence-electron chi connectivity index (χ4n) is 5.70. The number of non-ortho nitro benzene ring substituents is 1. The van der Waals surface area contributed by atoms with Crippen molar-refractivity contribution in [3.8, 4) is 0 Å². The largest absolute Gasteiger partial charge is 0.465 e. The Morgan fingerprint density at radius 2 is 1.57 bits per heavy atom. The Bertz CT molecular complexity index is 1520. The summed E-state index contributed by atoms with van der Waals surface area (Å²) in [7, 11) is 1.32. The third-order valence-electron chi connectivity index (χ3n) is 7.99. The summed E-state index contributed by atoms with van der Waals surface area (Å²) in [6.07, 6.45) is 3.07. The van der Waals surface area contributed by atoms with Crippen molar-refractivity contribution in [2.24, 2.45) is 0 Å². The predicted molar refractivity (Wildman–Crippen MR) is 175 cm³/mol. The number of rotatable bonds is 8. The van der Waals surface area contributed by atoms with Gasteiger partial charge < -0.3 is 19.9 Å². The number of anilines is 3. The van der Waals surface area contributed by atoms with Gasteiger partial charge in [-0.05, 0) is 61.3 Å². The van der Waals surface area contributed by atoms with Crippen molar-refractivity contribution in [1.82, 2.24) is 10.2 Å². The number of hydrogen-bond acceptors (Lipinski definition) is 9. The van der Waals surface area contributed by atoms with E-state index in [1.165, 1.54) is 24.8 Å². The Morgan fingerprint density at radius 3 is 2.25 bits per heavy atom. The molecule has 2 saturated heterocycles. The first-order valence-electron chi connectivity index (χ1n) is 14.7. The molecule has 0 radical (unpaired) electrons. The zero-order valence-electron chi connectivity index (χ0n) is 24.7. The van der Waals surface area contributed by atoms with Crippen LogP contribution in [-0.4, -0.2) is 73.2 Å². The van der Waals surface area contributed by atoms with Crippen LogP contribution in [-0.2, 0) is 11.3 Å². The highest BCUT2D eigenvalue weighted by Gasteiger charge is 2.24. The Morgan fingerprint density at radius 1 is 0.886 bits per heavy atom. The van der Waals surface area contributed by atoms with Crippen molar-refractivity contribution in [3.05, 3.63) is 93.5 Å². The number of esters is 1. The van der Waals surface area contributed by atoms with Gasteiger partial charge in [-0.1, -0.05) is 30.3 Å². The van der Waals surface area contributed by atoms with E-state index in [0.29, 0.717) is 16.9 Å². The SMILES string of the molecule is COC(=O)c1ccc(N2CCN(Cc3ccccc3)CC2)c(NC(=S)NC(=O)c2cc([N+](=O)[O-])ccc2N2CCCCC2)c1. The summed E-state index contributed by atoms with van der Waals surface area (Å²) >= 11 is 5.55. The number of carbonyl (C=O) groups excluding carboxylic acids is 2. The molecular weight excluding hydrogens is 580 g/mol. The lowest BCUT2D eigenvalue weighted by Gasteiger charge is -2.37. The van der Waals surface area contributed by atoms with Crippen LogP contribution >= 0.6 is 12.2 Å². The summed E-state index contributed by atoms with van der Waals surface area (Å²) in [6, 6.07) is 19.9. The number of hydrogen-bond donors (Lipinski definition) is 2. The van der Waals surface area contributed by atoms with Crippen LogP contribution in [0.2, 0.25) is 0 Å². The molecule has 2 fully saturated rings. The first-order valence-corrected chi connectivity index (χ1v) is 15.1. The molecule has 0 saturated carbocycles. The molecule has 44 heavy (non-hydrogen) atoms. The maximum atomic E-state index is 13.5. The van der Waals surface area contributed by atoms with Gasteiger partial charge in [-0.2, -0.15) is 0 Å². The molecule has 0 spiro atoms. The number of methoxy groups -OCH3 is 1. The molecule has 2 N–H and O–H groups in total. The van der Waals surface area contributed by atoms with E-state index >= 15 is 0 Å². The average molecular weight is 617 g/mol. The summed E-state index contributed by atoms with van der Waals surface area (Å²) < 4.78 is 4.93. The van der Waals surface area contributed by atoms with Crippen molar-refractivity contribution in [1.29, 1.82) is 0 Å². The van der Waals surface area contributed by atoms with E-state index in [1.807, 2.05) is 24.3 Å². The van der Waals surface area contributed by atoms with E-state index in [2.05, 4.69) is 37.5 Å². The Hall–Kier alpha value is -4.55. The summed E-state index contributed by atoms with van der Waals surface area (Å²) in [5.41, 5.74) is 3.62. The molecule has 2 heterocycles. The molecule has 0 aromatic heterocycles. The monoisotopic (exact) mass is 616 g/mol. The molecule has 0 unspecified atom stereocenters. The van der Waals surface area contributed by atoms with Crippen LogP contribution in [0.25, 0.3) is 0 Å². The maximum absolute atomic E-state index is 13.5. The second-order valence-corrected chi connectivity index (χ2v) is 11.3. The van der Waals surface area contributed by atoms with Crippen LogP contribution < -0.4 is 20.4 Å². The number of nitrogens with one attached hydrogen (secondary N) is 2. The van der Waals surface area contributed by atoms with Gasteiger partial charge in [0.1, 0.15) is 0 Å². The molecule has 11 nitrogen and oxygen atoms in total. The van der Waals surface area contributed by atoms with Crippen LogP contribution in [0, 0.1) is 10.1 Å². The fourth-order valence-corrected chi connectivity index (χ4v) is 5.90. The average Bonchev–Trinajstić information content (AvgIpc) is 3.05. The number of nitrogens with zero attached hydrogens (tertiary/aromatic N) is 4. The number of amides is 1. The van der Waals surface area contributed by atoms with Crippen LogP contribution in [0.5, 0.6) is 0 Å². The zero-order valence-corrected chi connectivity index (χ0v) is 25.5. The molecule has 230 valence electrons.